The lowest BCUT2D eigenvalue weighted by molar-refractivity contribution is -0.133. The number of nitrogens with one attached hydrogen (secondary N) is 1. The van der Waals surface area contributed by atoms with Crippen LogP contribution in [0.5, 0.6) is 0 Å². The van der Waals surface area contributed by atoms with Crippen molar-refractivity contribution in [2.45, 2.75) is 19.8 Å². The maximum absolute atomic E-state index is 11.2. The second kappa shape index (κ2) is 6.43. The molecule has 1 amide bonds. The molecular formula is C11H14ClNO2. The van der Waals surface area contributed by atoms with E-state index in [0.29, 0.717) is 24.5 Å². The molecular weight excluding hydrogens is 214 g/mol. The highest BCUT2D eigenvalue weighted by Gasteiger charge is 2.01. The number of aryl methyl sites for hydroxylation is 1. The summed E-state index contributed by atoms with van der Waals surface area (Å²) in [4.78, 5) is 16.0. The van der Waals surface area contributed by atoms with Crippen LogP contribution in [0.4, 0.5) is 0 Å². The number of halogens is 1. The molecule has 0 fully saturated rings. The van der Waals surface area contributed by atoms with Crippen molar-refractivity contribution in [3.05, 3.63) is 34.9 Å². The number of hydroxylamine groups is 1. The molecule has 1 aromatic rings. The first-order valence-corrected chi connectivity index (χ1v) is 5.25. The Bertz CT molecular complexity index is 311. The predicted octanol–water partition coefficient (Wildman–Crippen LogP) is 2.34. The van der Waals surface area contributed by atoms with Crippen molar-refractivity contribution >= 4 is 17.5 Å². The molecule has 0 aliphatic rings. The predicted molar refractivity (Wildman–Crippen MR) is 59.5 cm³/mol. The number of rotatable bonds is 5. The second-order valence-electron chi connectivity index (χ2n) is 3.08. The van der Waals surface area contributed by atoms with Crippen LogP contribution in [-0.2, 0) is 16.1 Å². The zero-order valence-electron chi connectivity index (χ0n) is 8.63. The molecule has 0 saturated carbocycles. The van der Waals surface area contributed by atoms with Gasteiger partial charge in [-0.2, -0.15) is 0 Å². The minimum atomic E-state index is -0.105. The lowest BCUT2D eigenvalue weighted by Crippen LogP contribution is -2.23. The van der Waals surface area contributed by atoms with E-state index in [0.717, 1.165) is 5.56 Å². The summed E-state index contributed by atoms with van der Waals surface area (Å²) in [5.74, 6) is -0.105. The Morgan fingerprint density at radius 1 is 1.40 bits per heavy atom. The van der Waals surface area contributed by atoms with E-state index in [2.05, 4.69) is 5.48 Å². The van der Waals surface area contributed by atoms with Crippen LogP contribution in [0, 0.1) is 0 Å². The maximum Gasteiger partial charge on any atom is 0.243 e. The van der Waals surface area contributed by atoms with E-state index in [-0.39, 0.29) is 5.91 Å². The molecule has 0 aromatic heterocycles. The Morgan fingerprint density at radius 3 is 2.67 bits per heavy atom. The Morgan fingerprint density at radius 2 is 2.07 bits per heavy atom. The van der Waals surface area contributed by atoms with Gasteiger partial charge in [0.15, 0.2) is 0 Å². The second-order valence-corrected chi connectivity index (χ2v) is 3.52. The van der Waals surface area contributed by atoms with E-state index < -0.39 is 0 Å². The van der Waals surface area contributed by atoms with Gasteiger partial charge in [-0.25, -0.2) is 5.48 Å². The van der Waals surface area contributed by atoms with Crippen LogP contribution >= 0.6 is 11.6 Å². The minimum Gasteiger partial charge on any atom is -0.274 e. The largest absolute Gasteiger partial charge is 0.274 e. The van der Waals surface area contributed by atoms with Crippen LogP contribution in [-0.4, -0.2) is 12.5 Å². The topological polar surface area (TPSA) is 38.3 Å². The zero-order valence-corrected chi connectivity index (χ0v) is 9.38. The molecule has 1 aromatic carbocycles. The molecule has 0 spiro atoms. The molecule has 15 heavy (non-hydrogen) atoms. The van der Waals surface area contributed by atoms with Crippen molar-refractivity contribution in [1.29, 1.82) is 0 Å². The van der Waals surface area contributed by atoms with Crippen molar-refractivity contribution in [3.63, 3.8) is 0 Å². The third kappa shape index (κ3) is 4.81. The first-order valence-electron chi connectivity index (χ1n) is 4.87. The normalized spacial score (nSPS) is 10.0. The molecule has 0 heterocycles. The lowest BCUT2D eigenvalue weighted by Gasteiger charge is -2.03. The summed E-state index contributed by atoms with van der Waals surface area (Å²) in [6.45, 7) is 2.30. The summed E-state index contributed by atoms with van der Waals surface area (Å²) in [5, 5.41) is 0.706. The first-order chi connectivity index (χ1) is 7.22. The maximum atomic E-state index is 11.2. The lowest BCUT2D eigenvalue weighted by atomic mass is 10.1. The molecule has 4 heteroatoms. The Kier molecular flexibility index (Phi) is 5.15. The third-order valence-corrected chi connectivity index (χ3v) is 2.14. The molecule has 0 bridgehead atoms. The van der Waals surface area contributed by atoms with Crippen LogP contribution in [0.25, 0.3) is 0 Å². The summed E-state index contributed by atoms with van der Waals surface area (Å²) < 4.78 is 0. The van der Waals surface area contributed by atoms with Crippen molar-refractivity contribution in [1.82, 2.24) is 5.48 Å². The van der Waals surface area contributed by atoms with Gasteiger partial charge in [0, 0.05) is 11.4 Å². The zero-order chi connectivity index (χ0) is 11.1. The fraction of sp³-hybridized carbons (Fsp3) is 0.364. The average molecular weight is 228 g/mol. The molecule has 0 radical (unpaired) electrons. The van der Waals surface area contributed by atoms with Gasteiger partial charge in [-0.15, -0.1) is 0 Å². The number of hydrogen-bond donors (Lipinski definition) is 1. The van der Waals surface area contributed by atoms with E-state index >= 15 is 0 Å². The highest BCUT2D eigenvalue weighted by molar-refractivity contribution is 6.30. The van der Waals surface area contributed by atoms with Gasteiger partial charge in [-0.1, -0.05) is 23.7 Å². The van der Waals surface area contributed by atoms with Crippen LogP contribution in [0.2, 0.25) is 5.02 Å². The monoisotopic (exact) mass is 227 g/mol. The van der Waals surface area contributed by atoms with Crippen LogP contribution in [0.1, 0.15) is 18.9 Å². The quantitative estimate of drug-likeness (QED) is 0.785. The summed E-state index contributed by atoms with van der Waals surface area (Å²) in [7, 11) is 0. The number of carbonyl (C=O) groups is 1. The van der Waals surface area contributed by atoms with Crippen molar-refractivity contribution in [2.24, 2.45) is 0 Å². The first kappa shape index (κ1) is 12.0. The van der Waals surface area contributed by atoms with Crippen molar-refractivity contribution < 1.29 is 9.63 Å². The van der Waals surface area contributed by atoms with Gasteiger partial charge in [0.1, 0.15) is 0 Å². The van der Waals surface area contributed by atoms with Gasteiger partial charge in [0.05, 0.1) is 6.61 Å². The van der Waals surface area contributed by atoms with Crippen molar-refractivity contribution in [2.75, 3.05) is 6.61 Å². The van der Waals surface area contributed by atoms with Gasteiger partial charge in [-0.3, -0.25) is 9.63 Å². The molecule has 0 aliphatic heterocycles. The van der Waals surface area contributed by atoms with E-state index in [1.807, 2.05) is 31.2 Å². The van der Waals surface area contributed by atoms with Gasteiger partial charge >= 0.3 is 0 Å². The number of benzene rings is 1. The SMILES string of the molecule is CCONC(=O)CCc1ccc(Cl)cc1. The van der Waals surface area contributed by atoms with E-state index in [1.165, 1.54) is 0 Å². The van der Waals surface area contributed by atoms with Gasteiger partial charge < -0.3 is 0 Å². The highest BCUT2D eigenvalue weighted by Crippen LogP contribution is 2.10. The smallest absolute Gasteiger partial charge is 0.243 e. The molecule has 3 nitrogen and oxygen atoms in total. The summed E-state index contributed by atoms with van der Waals surface area (Å²) in [5.41, 5.74) is 3.44. The molecule has 1 rings (SSSR count). The van der Waals surface area contributed by atoms with Crippen LogP contribution in [0.15, 0.2) is 24.3 Å². The van der Waals surface area contributed by atoms with Gasteiger partial charge in [-0.05, 0) is 31.0 Å². The Balaban J connectivity index is 2.30. The molecule has 0 atom stereocenters. The number of amides is 1. The summed E-state index contributed by atoms with van der Waals surface area (Å²) in [6.07, 6.45) is 1.11. The molecule has 82 valence electrons. The highest BCUT2D eigenvalue weighted by atomic mass is 35.5. The average Bonchev–Trinajstić information content (AvgIpc) is 2.25. The summed E-state index contributed by atoms with van der Waals surface area (Å²) in [6, 6.07) is 7.46. The van der Waals surface area contributed by atoms with Crippen LogP contribution in [0.3, 0.4) is 0 Å². The van der Waals surface area contributed by atoms with Crippen LogP contribution < -0.4 is 5.48 Å². The fourth-order valence-corrected chi connectivity index (χ4v) is 1.24. The Hall–Kier alpha value is -1.06. The number of hydrogen-bond acceptors (Lipinski definition) is 2. The van der Waals surface area contributed by atoms with Gasteiger partial charge in [0.2, 0.25) is 5.91 Å². The van der Waals surface area contributed by atoms with E-state index in [9.17, 15) is 4.79 Å². The molecule has 1 N–H and O–H groups in total. The minimum absolute atomic E-state index is 0.105. The third-order valence-electron chi connectivity index (χ3n) is 1.88. The molecule has 0 unspecified atom stereocenters. The fourth-order valence-electron chi connectivity index (χ4n) is 1.11. The standard InChI is InChI=1S/C11H14ClNO2/c1-2-15-13-11(14)8-5-9-3-6-10(12)7-4-9/h3-4,6-7H,2,5,8H2,1H3,(H,13,14). The van der Waals surface area contributed by atoms with Gasteiger partial charge in [0.25, 0.3) is 0 Å². The number of carbonyl (C=O) groups excluding carboxylic acids is 1. The summed E-state index contributed by atoms with van der Waals surface area (Å²) >= 11 is 5.74. The molecule has 0 saturated heterocycles. The van der Waals surface area contributed by atoms with E-state index in [1.54, 1.807) is 0 Å². The van der Waals surface area contributed by atoms with Crippen molar-refractivity contribution in [3.8, 4) is 0 Å². The van der Waals surface area contributed by atoms with E-state index in [4.69, 9.17) is 16.4 Å². The Labute approximate surface area is 94.3 Å². The molecule has 0 aliphatic carbocycles.